The molecule has 0 aromatic rings. The zero-order chi connectivity index (χ0) is 17.8. The summed E-state index contributed by atoms with van der Waals surface area (Å²) in [5.74, 6) is 0.792. The van der Waals surface area contributed by atoms with Gasteiger partial charge in [0.05, 0.1) is 17.0 Å². The van der Waals surface area contributed by atoms with Crippen molar-refractivity contribution in [3.8, 4) is 0 Å². The molecule has 0 N–H and O–H groups in total. The Morgan fingerprint density at radius 1 is 1.26 bits per heavy atom. The number of rotatable bonds is 8. The van der Waals surface area contributed by atoms with Gasteiger partial charge in [0, 0.05) is 6.42 Å². The van der Waals surface area contributed by atoms with Crippen molar-refractivity contribution >= 4 is 29.5 Å². The molecule has 23 heavy (non-hydrogen) atoms. The van der Waals surface area contributed by atoms with Crippen molar-refractivity contribution in [3.05, 3.63) is 13.8 Å². The fourth-order valence-corrected chi connectivity index (χ4v) is 1.65. The van der Waals surface area contributed by atoms with E-state index in [2.05, 4.69) is 32.4 Å². The molecule has 0 aromatic heterocycles. The Kier molecular flexibility index (Phi) is 18.1. The Morgan fingerprint density at radius 2 is 1.74 bits per heavy atom. The molecule has 130 valence electrons. The molecule has 0 spiro atoms. The second kappa shape index (κ2) is 15.2. The summed E-state index contributed by atoms with van der Waals surface area (Å²) < 4.78 is 4.42. The van der Waals surface area contributed by atoms with Gasteiger partial charge in [-0.05, 0) is 33.1 Å². The number of nitrogens with zero attached hydrogens (tertiary/aromatic N) is 1. The first-order valence-electron chi connectivity index (χ1n) is 7.50. The van der Waals surface area contributed by atoms with Gasteiger partial charge in [0.15, 0.2) is 0 Å². The van der Waals surface area contributed by atoms with Crippen molar-refractivity contribution in [2.45, 2.75) is 59.5 Å². The van der Waals surface area contributed by atoms with E-state index >= 15 is 0 Å². The number of hydrogen-bond acceptors (Lipinski definition) is 4. The smallest absolute Gasteiger partial charge is 0.649 e. The summed E-state index contributed by atoms with van der Waals surface area (Å²) in [4.78, 5) is 23.5. The summed E-state index contributed by atoms with van der Waals surface area (Å²) in [5, 5.41) is 0. The average Bonchev–Trinajstić information content (AvgIpc) is 2.37. The van der Waals surface area contributed by atoms with Crippen LogP contribution in [0.4, 0.5) is 0 Å². The largest absolute Gasteiger partial charge is 1.00 e. The van der Waals surface area contributed by atoms with Crippen LogP contribution in [0.1, 0.15) is 53.9 Å². The molecule has 0 saturated carbocycles. The molecule has 6 heteroatoms. The number of Topliss-reactive ketones (excluding diaryl/α,β-unsaturated/α-hetero) is 1. The van der Waals surface area contributed by atoms with E-state index in [1.807, 2.05) is 4.90 Å². The number of thiocarbonyl (C=S) groups is 1. The standard InChI is InChI=1S/C12H21NOS.C5H9O2.Li/c1-5-13(6-2)12(15)9-11(14)8-7-10(3)4;1-5(2,3)7-4-6;/h10H,1-2,5-9H2,3-4H3;1-3H3;/q-2;-1;+1. The van der Waals surface area contributed by atoms with Crippen LogP contribution in [0.25, 0.3) is 0 Å². The van der Waals surface area contributed by atoms with Gasteiger partial charge in [0.2, 0.25) is 0 Å². The van der Waals surface area contributed by atoms with Crippen LogP contribution in [0.3, 0.4) is 0 Å². The van der Waals surface area contributed by atoms with Crippen LogP contribution in [-0.2, 0) is 14.3 Å². The summed E-state index contributed by atoms with van der Waals surface area (Å²) in [7, 11) is 0. The summed E-state index contributed by atoms with van der Waals surface area (Å²) in [6, 6.07) is 0. The Bertz CT molecular complexity index is 337. The molecular formula is C17H30LiNO3S-2. The molecule has 0 aromatic carbocycles. The van der Waals surface area contributed by atoms with Crippen molar-refractivity contribution < 1.29 is 33.2 Å². The second-order valence-corrected chi connectivity index (χ2v) is 6.80. The number of carbonyl (C=O) groups is 1. The van der Waals surface area contributed by atoms with Gasteiger partial charge in [-0.25, -0.2) is 0 Å². The van der Waals surface area contributed by atoms with Crippen LogP contribution in [-0.4, -0.2) is 40.8 Å². The van der Waals surface area contributed by atoms with Gasteiger partial charge in [-0.15, -0.1) is 13.1 Å². The third-order valence-electron chi connectivity index (χ3n) is 2.59. The number of carbonyl (C=O) groups excluding carboxylic acids is 2. The van der Waals surface area contributed by atoms with Gasteiger partial charge in [0.1, 0.15) is 5.78 Å². The predicted molar refractivity (Wildman–Crippen MR) is 95.1 cm³/mol. The Morgan fingerprint density at radius 3 is 2.00 bits per heavy atom. The van der Waals surface area contributed by atoms with Gasteiger partial charge >= 0.3 is 18.9 Å². The molecule has 4 nitrogen and oxygen atoms in total. The number of hydrogen-bond donors (Lipinski definition) is 0. The molecule has 0 aliphatic heterocycles. The van der Waals surface area contributed by atoms with E-state index in [0.717, 1.165) is 6.42 Å². The van der Waals surface area contributed by atoms with Crippen molar-refractivity contribution in [3.63, 3.8) is 0 Å². The topological polar surface area (TPSA) is 46.6 Å². The molecule has 0 radical (unpaired) electrons. The zero-order valence-electron chi connectivity index (χ0n) is 15.6. The first-order valence-corrected chi connectivity index (χ1v) is 7.91. The third kappa shape index (κ3) is 19.6. The van der Waals surface area contributed by atoms with Gasteiger partial charge < -0.3 is 28.3 Å². The van der Waals surface area contributed by atoms with Crippen LogP contribution >= 0.6 is 12.2 Å². The molecular weight excluding hydrogens is 305 g/mol. The van der Waals surface area contributed by atoms with Gasteiger partial charge in [-0.2, -0.15) is 0 Å². The van der Waals surface area contributed by atoms with Crippen LogP contribution in [0, 0.1) is 19.8 Å². The van der Waals surface area contributed by atoms with E-state index in [9.17, 15) is 9.59 Å². The van der Waals surface area contributed by atoms with Crippen molar-refractivity contribution in [1.82, 2.24) is 4.90 Å². The fraction of sp³-hybridized carbons (Fsp3) is 0.706. The number of ether oxygens (including phenoxy) is 1. The fourth-order valence-electron chi connectivity index (χ4n) is 1.30. The molecule has 0 aliphatic carbocycles. The maximum Gasteiger partial charge on any atom is 1.00 e. The molecule has 0 heterocycles. The van der Waals surface area contributed by atoms with Crippen molar-refractivity contribution in [2.75, 3.05) is 13.1 Å². The number of ketones is 1. The van der Waals surface area contributed by atoms with E-state index in [0.29, 0.717) is 36.8 Å². The SMILES string of the molecule is CC(C)(C)O[C-]=O.[CH2-]CN(C[CH2-])C(=S)CC(=O)CCC(C)C.[Li+]. The molecule has 0 saturated heterocycles. The minimum atomic E-state index is -0.373. The Labute approximate surface area is 159 Å². The molecule has 0 fully saturated rings. The average molecular weight is 335 g/mol. The van der Waals surface area contributed by atoms with E-state index < -0.39 is 0 Å². The first-order chi connectivity index (χ1) is 10.1. The predicted octanol–water partition coefficient (Wildman–Crippen LogP) is 0.552. The van der Waals surface area contributed by atoms with Crippen molar-refractivity contribution in [2.24, 2.45) is 5.92 Å². The van der Waals surface area contributed by atoms with E-state index in [4.69, 9.17) is 12.2 Å². The van der Waals surface area contributed by atoms with Crippen LogP contribution in [0.5, 0.6) is 0 Å². The minimum Gasteiger partial charge on any atom is -0.649 e. The van der Waals surface area contributed by atoms with E-state index in [1.165, 1.54) is 6.47 Å². The van der Waals surface area contributed by atoms with Crippen LogP contribution < -0.4 is 18.9 Å². The molecule has 0 unspecified atom stereocenters. The van der Waals surface area contributed by atoms with E-state index in [-0.39, 0.29) is 30.2 Å². The summed E-state index contributed by atoms with van der Waals surface area (Å²) in [6.07, 6.45) is 1.93. The first kappa shape index (κ1) is 27.5. The Hall–Kier alpha value is -0.373. The van der Waals surface area contributed by atoms with Crippen molar-refractivity contribution in [1.29, 1.82) is 0 Å². The molecule has 0 bridgehead atoms. The molecule has 0 atom stereocenters. The zero-order valence-corrected chi connectivity index (χ0v) is 16.4. The van der Waals surface area contributed by atoms with Crippen LogP contribution in [0.2, 0.25) is 0 Å². The quantitative estimate of drug-likeness (QED) is 0.368. The van der Waals surface area contributed by atoms with Crippen LogP contribution in [0.15, 0.2) is 0 Å². The van der Waals surface area contributed by atoms with Gasteiger partial charge in [0.25, 0.3) is 0 Å². The third-order valence-corrected chi connectivity index (χ3v) is 2.99. The minimum absolute atomic E-state index is 0. The summed E-state index contributed by atoms with van der Waals surface area (Å²) in [6.45, 7) is 19.6. The van der Waals surface area contributed by atoms with Gasteiger partial charge in [-0.3, -0.25) is 4.79 Å². The maximum atomic E-state index is 11.5. The molecule has 0 amide bonds. The molecule has 0 aliphatic rings. The van der Waals surface area contributed by atoms with E-state index in [1.54, 1.807) is 20.8 Å². The Balaban J connectivity index is -0.000000425. The maximum absolute atomic E-state index is 11.5. The normalized spacial score (nSPS) is 10.1. The van der Waals surface area contributed by atoms with Gasteiger partial charge in [-0.1, -0.05) is 32.5 Å². The molecule has 0 rings (SSSR count). The summed E-state index contributed by atoms with van der Waals surface area (Å²) in [5.41, 5.74) is -0.373. The second-order valence-electron chi connectivity index (χ2n) is 6.33. The summed E-state index contributed by atoms with van der Waals surface area (Å²) >= 11 is 5.15. The monoisotopic (exact) mass is 335 g/mol.